The van der Waals surface area contributed by atoms with Crippen LogP contribution in [0.3, 0.4) is 0 Å². The van der Waals surface area contributed by atoms with Crippen molar-refractivity contribution in [2.45, 2.75) is 6.61 Å². The summed E-state index contributed by atoms with van der Waals surface area (Å²) in [4.78, 5) is 11.9. The minimum absolute atomic E-state index is 0.0207. The lowest BCUT2D eigenvalue weighted by atomic mass is 10.1. The third-order valence-corrected chi connectivity index (χ3v) is 3.33. The molecule has 0 radical (unpaired) electrons. The molecule has 19 heavy (non-hydrogen) atoms. The second-order valence-electron chi connectivity index (χ2n) is 4.03. The van der Waals surface area contributed by atoms with Crippen LogP contribution in [0.1, 0.15) is 15.9 Å². The van der Waals surface area contributed by atoms with Gasteiger partial charge in [0, 0.05) is 5.56 Å². The van der Waals surface area contributed by atoms with E-state index in [0.29, 0.717) is 22.2 Å². The summed E-state index contributed by atoms with van der Waals surface area (Å²) in [7, 11) is 0. The standard InChI is InChI=1S/C15H12Cl2O2/c16-13-7-6-12(8-14(13)17)15(18)10-19-9-11-4-2-1-3-5-11/h1-8H,9-10H2. The summed E-state index contributed by atoms with van der Waals surface area (Å²) in [6.07, 6.45) is 0. The van der Waals surface area contributed by atoms with E-state index in [1.807, 2.05) is 30.3 Å². The summed E-state index contributed by atoms with van der Waals surface area (Å²) in [6, 6.07) is 14.5. The quantitative estimate of drug-likeness (QED) is 0.764. The van der Waals surface area contributed by atoms with Gasteiger partial charge in [0.25, 0.3) is 0 Å². The number of hydrogen-bond acceptors (Lipinski definition) is 2. The lowest BCUT2D eigenvalue weighted by molar-refractivity contribution is 0.0726. The molecule has 98 valence electrons. The first kappa shape index (κ1) is 14.1. The molecule has 0 spiro atoms. The molecule has 0 aliphatic heterocycles. The monoisotopic (exact) mass is 294 g/mol. The van der Waals surface area contributed by atoms with Gasteiger partial charge in [-0.2, -0.15) is 0 Å². The third-order valence-electron chi connectivity index (χ3n) is 2.59. The summed E-state index contributed by atoms with van der Waals surface area (Å²) < 4.78 is 5.38. The zero-order valence-corrected chi connectivity index (χ0v) is 11.6. The molecule has 0 saturated heterocycles. The smallest absolute Gasteiger partial charge is 0.188 e. The van der Waals surface area contributed by atoms with Gasteiger partial charge in [-0.15, -0.1) is 0 Å². The van der Waals surface area contributed by atoms with Crippen LogP contribution in [-0.2, 0) is 11.3 Å². The van der Waals surface area contributed by atoms with Gasteiger partial charge >= 0.3 is 0 Å². The zero-order valence-electron chi connectivity index (χ0n) is 10.1. The highest BCUT2D eigenvalue weighted by Crippen LogP contribution is 2.22. The van der Waals surface area contributed by atoms with Crippen LogP contribution >= 0.6 is 23.2 Å². The van der Waals surface area contributed by atoms with E-state index in [2.05, 4.69) is 0 Å². The molecule has 0 saturated carbocycles. The Morgan fingerprint density at radius 2 is 1.74 bits per heavy atom. The number of ether oxygens (including phenoxy) is 1. The van der Waals surface area contributed by atoms with Crippen molar-refractivity contribution >= 4 is 29.0 Å². The minimum Gasteiger partial charge on any atom is -0.369 e. The third kappa shape index (κ3) is 4.06. The van der Waals surface area contributed by atoms with Crippen LogP contribution in [0.5, 0.6) is 0 Å². The largest absolute Gasteiger partial charge is 0.369 e. The molecule has 0 atom stereocenters. The first-order valence-electron chi connectivity index (χ1n) is 5.77. The fraction of sp³-hybridized carbons (Fsp3) is 0.133. The number of hydrogen-bond donors (Lipinski definition) is 0. The van der Waals surface area contributed by atoms with Gasteiger partial charge in [0.15, 0.2) is 5.78 Å². The molecule has 0 unspecified atom stereocenters. The van der Waals surface area contributed by atoms with Crippen LogP contribution < -0.4 is 0 Å². The Morgan fingerprint density at radius 3 is 2.42 bits per heavy atom. The zero-order chi connectivity index (χ0) is 13.7. The summed E-state index contributed by atoms with van der Waals surface area (Å²) in [5.41, 5.74) is 1.53. The highest BCUT2D eigenvalue weighted by atomic mass is 35.5. The molecule has 0 fully saturated rings. The Bertz CT molecular complexity index is 568. The Labute approximate surface area is 121 Å². The number of benzene rings is 2. The van der Waals surface area contributed by atoms with Crippen LogP contribution in [0.2, 0.25) is 10.0 Å². The summed E-state index contributed by atoms with van der Waals surface area (Å²) in [6.45, 7) is 0.431. The molecule has 2 aromatic rings. The molecule has 0 aliphatic rings. The van der Waals surface area contributed by atoms with E-state index in [4.69, 9.17) is 27.9 Å². The van der Waals surface area contributed by atoms with Gasteiger partial charge in [0.05, 0.1) is 16.7 Å². The number of carbonyl (C=O) groups excluding carboxylic acids is 1. The van der Waals surface area contributed by atoms with Gasteiger partial charge < -0.3 is 4.74 Å². The van der Waals surface area contributed by atoms with Gasteiger partial charge in [0.2, 0.25) is 0 Å². The maximum absolute atomic E-state index is 11.9. The van der Waals surface area contributed by atoms with E-state index < -0.39 is 0 Å². The van der Waals surface area contributed by atoms with E-state index in [9.17, 15) is 4.79 Å². The van der Waals surface area contributed by atoms with Gasteiger partial charge in [-0.1, -0.05) is 53.5 Å². The van der Waals surface area contributed by atoms with Crippen LogP contribution in [0.15, 0.2) is 48.5 Å². The highest BCUT2D eigenvalue weighted by molar-refractivity contribution is 6.42. The molecule has 0 amide bonds. The number of halogens is 2. The predicted octanol–water partition coefficient (Wildman–Crippen LogP) is 4.39. The van der Waals surface area contributed by atoms with Gasteiger partial charge in [0.1, 0.15) is 6.61 Å². The number of carbonyl (C=O) groups is 1. The molecule has 0 heterocycles. The van der Waals surface area contributed by atoms with Crippen molar-refractivity contribution in [3.63, 3.8) is 0 Å². The molecular weight excluding hydrogens is 283 g/mol. The van der Waals surface area contributed by atoms with Crippen molar-refractivity contribution < 1.29 is 9.53 Å². The minimum atomic E-state index is -0.116. The second kappa shape index (κ2) is 6.71. The number of rotatable bonds is 5. The SMILES string of the molecule is O=C(COCc1ccccc1)c1ccc(Cl)c(Cl)c1. The lowest BCUT2D eigenvalue weighted by Gasteiger charge is -2.05. The van der Waals surface area contributed by atoms with Gasteiger partial charge in [-0.3, -0.25) is 4.79 Å². The van der Waals surface area contributed by atoms with Crippen molar-refractivity contribution in [2.24, 2.45) is 0 Å². The van der Waals surface area contributed by atoms with E-state index in [1.54, 1.807) is 18.2 Å². The van der Waals surface area contributed by atoms with Gasteiger partial charge in [-0.25, -0.2) is 0 Å². The topological polar surface area (TPSA) is 26.3 Å². The Kier molecular flexibility index (Phi) is 4.97. The molecular formula is C15H12Cl2O2. The number of ketones is 1. The van der Waals surface area contributed by atoms with Crippen LogP contribution in [-0.4, -0.2) is 12.4 Å². The molecule has 2 aromatic carbocycles. The molecule has 4 heteroatoms. The van der Waals surface area contributed by atoms with Gasteiger partial charge in [-0.05, 0) is 23.8 Å². The molecule has 2 rings (SSSR count). The molecule has 0 N–H and O–H groups in total. The highest BCUT2D eigenvalue weighted by Gasteiger charge is 2.08. The molecule has 0 bridgehead atoms. The van der Waals surface area contributed by atoms with E-state index in [0.717, 1.165) is 5.56 Å². The first-order valence-corrected chi connectivity index (χ1v) is 6.52. The summed E-state index contributed by atoms with van der Waals surface area (Å²) in [5.74, 6) is -0.116. The fourth-order valence-electron chi connectivity index (χ4n) is 1.59. The maximum Gasteiger partial charge on any atom is 0.188 e. The van der Waals surface area contributed by atoms with Crippen molar-refractivity contribution in [1.82, 2.24) is 0 Å². The first-order chi connectivity index (χ1) is 9.16. The van der Waals surface area contributed by atoms with Crippen LogP contribution in [0.25, 0.3) is 0 Å². The predicted molar refractivity (Wildman–Crippen MR) is 76.9 cm³/mol. The lowest BCUT2D eigenvalue weighted by Crippen LogP contribution is -2.09. The Balaban J connectivity index is 1.89. The average molecular weight is 295 g/mol. The van der Waals surface area contributed by atoms with E-state index >= 15 is 0 Å². The van der Waals surface area contributed by atoms with Crippen LogP contribution in [0, 0.1) is 0 Å². The van der Waals surface area contributed by atoms with E-state index in [-0.39, 0.29) is 12.4 Å². The summed E-state index contributed by atoms with van der Waals surface area (Å²) >= 11 is 11.7. The average Bonchev–Trinajstić information content (AvgIpc) is 2.43. The Hall–Kier alpha value is -1.35. The maximum atomic E-state index is 11.9. The normalized spacial score (nSPS) is 10.4. The van der Waals surface area contributed by atoms with Crippen molar-refractivity contribution in [3.8, 4) is 0 Å². The summed E-state index contributed by atoms with van der Waals surface area (Å²) in [5, 5.41) is 0.805. The molecule has 0 aliphatic carbocycles. The van der Waals surface area contributed by atoms with Crippen molar-refractivity contribution in [2.75, 3.05) is 6.61 Å². The van der Waals surface area contributed by atoms with Crippen molar-refractivity contribution in [1.29, 1.82) is 0 Å². The number of Topliss-reactive ketones (excluding diaryl/α,β-unsaturated/α-hetero) is 1. The molecule has 2 nitrogen and oxygen atoms in total. The second-order valence-corrected chi connectivity index (χ2v) is 4.84. The van der Waals surface area contributed by atoms with E-state index in [1.165, 1.54) is 0 Å². The fourth-order valence-corrected chi connectivity index (χ4v) is 1.89. The van der Waals surface area contributed by atoms with Crippen molar-refractivity contribution in [3.05, 3.63) is 69.7 Å². The van der Waals surface area contributed by atoms with Crippen LogP contribution in [0.4, 0.5) is 0 Å². The molecule has 0 aromatic heterocycles. The Morgan fingerprint density at radius 1 is 1.00 bits per heavy atom.